The van der Waals surface area contributed by atoms with Gasteiger partial charge in [-0.1, -0.05) is 6.07 Å². The lowest BCUT2D eigenvalue weighted by Gasteiger charge is -2.17. The Hall–Kier alpha value is -0.510. The second-order valence-electron chi connectivity index (χ2n) is 3.11. The Morgan fingerprint density at radius 2 is 1.53 bits per heavy atom. The summed E-state index contributed by atoms with van der Waals surface area (Å²) in [5, 5.41) is 8.72. The number of benzene rings is 1. The van der Waals surface area contributed by atoms with Crippen molar-refractivity contribution < 1.29 is 31.4 Å². The van der Waals surface area contributed by atoms with Crippen LogP contribution in [-0.4, -0.2) is 5.11 Å². The number of hydrogen-bond donors (Lipinski definition) is 1. The summed E-state index contributed by atoms with van der Waals surface area (Å²) in [6, 6.07) is 1.16. The van der Waals surface area contributed by atoms with Crippen LogP contribution in [0.5, 0.6) is 0 Å². The predicted octanol–water partition coefficient (Wildman–Crippen LogP) is 3.82. The molecule has 1 nitrogen and oxygen atoms in total. The van der Waals surface area contributed by atoms with Crippen molar-refractivity contribution in [3.8, 4) is 0 Å². The van der Waals surface area contributed by atoms with Crippen LogP contribution in [-0.2, 0) is 19.0 Å². The van der Waals surface area contributed by atoms with E-state index in [1.807, 2.05) is 0 Å². The summed E-state index contributed by atoms with van der Waals surface area (Å²) in [5.41, 5.74) is -3.37. The van der Waals surface area contributed by atoms with E-state index >= 15 is 0 Å². The summed E-state index contributed by atoms with van der Waals surface area (Å²) in [7, 11) is 0. The van der Waals surface area contributed by atoms with Gasteiger partial charge in [-0.25, -0.2) is 0 Å². The Balaban J connectivity index is 3.55. The fourth-order valence-corrected chi connectivity index (χ4v) is 2.41. The maximum Gasteiger partial charge on any atom is 0.417 e. The van der Waals surface area contributed by atoms with E-state index in [1.54, 1.807) is 0 Å². The van der Waals surface area contributed by atoms with Crippen LogP contribution in [0.25, 0.3) is 0 Å². The first-order valence-electron chi connectivity index (χ1n) is 4.15. The summed E-state index contributed by atoms with van der Waals surface area (Å²) >= 11 is 0.989. The van der Waals surface area contributed by atoms with Crippen molar-refractivity contribution in [2.24, 2.45) is 0 Å². The summed E-state index contributed by atoms with van der Waals surface area (Å²) in [4.78, 5) is 0. The van der Waals surface area contributed by atoms with E-state index < -0.39 is 39.2 Å². The molecule has 0 spiro atoms. The fraction of sp³-hybridized carbons (Fsp3) is 0.333. The molecule has 0 heterocycles. The molecule has 0 radical (unpaired) electrons. The molecule has 8 heteroatoms. The van der Waals surface area contributed by atoms with Crippen molar-refractivity contribution in [3.05, 3.63) is 32.4 Å². The number of aliphatic hydroxyl groups is 1. The zero-order valence-corrected chi connectivity index (χ0v) is 10.1. The molecule has 0 aliphatic heterocycles. The van der Waals surface area contributed by atoms with Gasteiger partial charge in [0.15, 0.2) is 0 Å². The minimum atomic E-state index is -4.93. The second kappa shape index (κ2) is 4.63. The minimum absolute atomic E-state index is 0.530. The molecule has 0 aromatic heterocycles. The fourth-order valence-electron chi connectivity index (χ4n) is 1.27. The third kappa shape index (κ3) is 3.03. The lowest BCUT2D eigenvalue weighted by Crippen LogP contribution is -2.17. The molecule has 0 amide bonds. The van der Waals surface area contributed by atoms with Crippen LogP contribution >= 0.6 is 22.6 Å². The van der Waals surface area contributed by atoms with Crippen molar-refractivity contribution in [1.29, 1.82) is 0 Å². The van der Waals surface area contributed by atoms with Gasteiger partial charge in [-0.2, -0.15) is 26.3 Å². The summed E-state index contributed by atoms with van der Waals surface area (Å²) in [6.45, 7) is -0.969. The third-order valence-corrected chi connectivity index (χ3v) is 3.11. The van der Waals surface area contributed by atoms with E-state index in [4.69, 9.17) is 5.11 Å². The molecule has 1 aromatic carbocycles. The first-order valence-corrected chi connectivity index (χ1v) is 5.23. The standard InChI is InChI=1S/C9H5F6IO/c10-8(11,12)5-2-1-4(3-17)6(7(5)16)9(13,14)15/h1-2,17H,3H2. The number of halogens is 7. The van der Waals surface area contributed by atoms with E-state index in [0.29, 0.717) is 12.1 Å². The van der Waals surface area contributed by atoms with Crippen LogP contribution in [0.1, 0.15) is 16.7 Å². The highest BCUT2D eigenvalue weighted by atomic mass is 127. The number of rotatable bonds is 1. The van der Waals surface area contributed by atoms with Crippen molar-refractivity contribution in [1.82, 2.24) is 0 Å². The van der Waals surface area contributed by atoms with Crippen LogP contribution < -0.4 is 0 Å². The van der Waals surface area contributed by atoms with Gasteiger partial charge in [0.2, 0.25) is 0 Å². The zero-order valence-electron chi connectivity index (χ0n) is 7.95. The van der Waals surface area contributed by atoms with Gasteiger partial charge in [0.1, 0.15) is 0 Å². The zero-order chi connectivity index (χ0) is 13.4. The van der Waals surface area contributed by atoms with Gasteiger partial charge in [0.05, 0.1) is 17.7 Å². The number of aliphatic hydroxyl groups excluding tert-OH is 1. The van der Waals surface area contributed by atoms with Gasteiger partial charge in [-0.3, -0.25) is 0 Å². The molecule has 0 aliphatic carbocycles. The van der Waals surface area contributed by atoms with E-state index in [1.165, 1.54) is 0 Å². The number of alkyl halides is 6. The maximum absolute atomic E-state index is 12.6. The molecule has 0 fully saturated rings. The smallest absolute Gasteiger partial charge is 0.392 e. The number of hydrogen-bond acceptors (Lipinski definition) is 1. The molecular weight excluding hydrogens is 365 g/mol. The van der Waals surface area contributed by atoms with Gasteiger partial charge in [-0.05, 0) is 34.2 Å². The Kier molecular flexibility index (Phi) is 3.97. The van der Waals surface area contributed by atoms with Crippen molar-refractivity contribution in [2.45, 2.75) is 19.0 Å². The Morgan fingerprint density at radius 3 is 1.88 bits per heavy atom. The van der Waals surface area contributed by atoms with E-state index in [-0.39, 0.29) is 0 Å². The van der Waals surface area contributed by atoms with Crippen molar-refractivity contribution in [2.75, 3.05) is 0 Å². The van der Waals surface area contributed by atoms with Crippen molar-refractivity contribution in [3.63, 3.8) is 0 Å². The highest BCUT2D eigenvalue weighted by Gasteiger charge is 2.41. The Labute approximate surface area is 106 Å². The molecule has 0 saturated heterocycles. The van der Waals surface area contributed by atoms with Crippen LogP contribution in [0.4, 0.5) is 26.3 Å². The van der Waals surface area contributed by atoms with Gasteiger partial charge >= 0.3 is 12.4 Å². The highest BCUT2D eigenvalue weighted by Crippen LogP contribution is 2.41. The van der Waals surface area contributed by atoms with Crippen LogP contribution in [0.3, 0.4) is 0 Å². The molecule has 17 heavy (non-hydrogen) atoms. The lowest BCUT2D eigenvalue weighted by molar-refractivity contribution is -0.145. The Morgan fingerprint density at radius 1 is 1.00 bits per heavy atom. The first kappa shape index (κ1) is 14.6. The van der Waals surface area contributed by atoms with E-state index in [0.717, 1.165) is 22.6 Å². The summed E-state index contributed by atoms with van der Waals surface area (Å²) in [6.07, 6.45) is -9.79. The molecule has 1 rings (SSSR count). The average molecular weight is 370 g/mol. The normalized spacial score (nSPS) is 12.9. The monoisotopic (exact) mass is 370 g/mol. The minimum Gasteiger partial charge on any atom is -0.392 e. The van der Waals surface area contributed by atoms with Crippen LogP contribution in [0, 0.1) is 3.57 Å². The third-order valence-electron chi connectivity index (χ3n) is 1.99. The molecule has 1 N–H and O–H groups in total. The van der Waals surface area contributed by atoms with Gasteiger partial charge in [0, 0.05) is 3.57 Å². The topological polar surface area (TPSA) is 20.2 Å². The molecular formula is C9H5F6IO. The summed E-state index contributed by atoms with van der Waals surface area (Å²) in [5.74, 6) is 0. The largest absolute Gasteiger partial charge is 0.417 e. The molecule has 0 saturated carbocycles. The molecule has 0 atom stereocenters. The summed E-state index contributed by atoms with van der Waals surface area (Å²) < 4.78 is 74.0. The van der Waals surface area contributed by atoms with E-state index in [9.17, 15) is 26.3 Å². The molecule has 0 aliphatic rings. The van der Waals surface area contributed by atoms with Gasteiger partial charge in [0.25, 0.3) is 0 Å². The first-order chi connectivity index (χ1) is 7.59. The van der Waals surface area contributed by atoms with Crippen molar-refractivity contribution >= 4 is 22.6 Å². The maximum atomic E-state index is 12.6. The molecule has 1 aromatic rings. The quantitative estimate of drug-likeness (QED) is 0.589. The lowest BCUT2D eigenvalue weighted by atomic mass is 10.0. The van der Waals surface area contributed by atoms with Gasteiger partial charge < -0.3 is 5.11 Å². The van der Waals surface area contributed by atoms with Crippen LogP contribution in [0.15, 0.2) is 12.1 Å². The SMILES string of the molecule is OCc1ccc(C(F)(F)F)c(I)c1C(F)(F)F. The van der Waals surface area contributed by atoms with E-state index in [2.05, 4.69) is 0 Å². The average Bonchev–Trinajstić information content (AvgIpc) is 2.12. The second-order valence-corrected chi connectivity index (χ2v) is 4.19. The van der Waals surface area contributed by atoms with Gasteiger partial charge in [-0.15, -0.1) is 0 Å². The Bertz CT molecular complexity index is 423. The molecule has 96 valence electrons. The molecule has 0 bridgehead atoms. The van der Waals surface area contributed by atoms with Crippen LogP contribution in [0.2, 0.25) is 0 Å². The predicted molar refractivity (Wildman–Crippen MR) is 55.1 cm³/mol. The molecule has 0 unspecified atom stereocenters. The highest BCUT2D eigenvalue weighted by molar-refractivity contribution is 14.1.